The van der Waals surface area contributed by atoms with Gasteiger partial charge in [-0.25, -0.2) is 0 Å². The second-order valence-corrected chi connectivity index (χ2v) is 5.55. The summed E-state index contributed by atoms with van der Waals surface area (Å²) in [6, 6.07) is 6.45. The van der Waals surface area contributed by atoms with Gasteiger partial charge < -0.3 is 10.1 Å². The Labute approximate surface area is 123 Å². The molecule has 20 heavy (non-hydrogen) atoms. The zero-order valence-electron chi connectivity index (χ0n) is 13.3. The quantitative estimate of drug-likeness (QED) is 0.712. The molecule has 4 heteroatoms. The molecule has 0 fully saturated rings. The van der Waals surface area contributed by atoms with E-state index < -0.39 is 0 Å². The summed E-state index contributed by atoms with van der Waals surface area (Å²) in [5, 5.41) is 3.53. The summed E-state index contributed by atoms with van der Waals surface area (Å²) in [5.41, 5.74) is 1.11. The van der Waals surface area contributed by atoms with Gasteiger partial charge in [0.05, 0.1) is 12.3 Å². The molecule has 1 rings (SSSR count). The second-order valence-electron chi connectivity index (χ2n) is 5.55. The molecule has 0 saturated carbocycles. The number of hydrogen-bond donors (Lipinski definition) is 1. The lowest BCUT2D eigenvalue weighted by Gasteiger charge is -2.30. The lowest BCUT2D eigenvalue weighted by molar-refractivity contribution is 0.0866. The summed E-state index contributed by atoms with van der Waals surface area (Å²) < 4.78 is 5.38. The summed E-state index contributed by atoms with van der Waals surface area (Å²) in [4.78, 5) is 6.83. The molecular formula is C16H29N3O. The van der Waals surface area contributed by atoms with Gasteiger partial charge in [0.15, 0.2) is 0 Å². The molecule has 0 aliphatic carbocycles. The Bertz CT molecular complexity index is 343. The third-order valence-corrected chi connectivity index (χ3v) is 3.31. The highest BCUT2D eigenvalue weighted by molar-refractivity contribution is 5.03. The number of rotatable bonds is 10. The minimum Gasteiger partial charge on any atom is -0.383 e. The number of nitrogens with zero attached hydrogens (tertiary/aromatic N) is 2. The smallest absolute Gasteiger partial charge is 0.0630 e. The first kappa shape index (κ1) is 17.1. The van der Waals surface area contributed by atoms with Crippen molar-refractivity contribution in [3.05, 3.63) is 30.1 Å². The molecule has 0 spiro atoms. The van der Waals surface area contributed by atoms with Crippen LogP contribution < -0.4 is 5.32 Å². The number of methoxy groups -OCH3 is 1. The highest BCUT2D eigenvalue weighted by Gasteiger charge is 2.17. The predicted molar refractivity (Wildman–Crippen MR) is 83.7 cm³/mol. The summed E-state index contributed by atoms with van der Waals surface area (Å²) in [6.45, 7) is 11.2. The number of likely N-dealkylation sites (N-methyl/N-ethyl adjacent to an activating group) is 1. The lowest BCUT2D eigenvalue weighted by atomic mass is 10.2. The zero-order valence-corrected chi connectivity index (χ0v) is 13.3. The number of ether oxygens (including phenoxy) is 1. The number of hydrogen-bond acceptors (Lipinski definition) is 4. The standard InChI is InChI=1S/C16H29N3O/c1-5-19(12-15-8-6-7-9-18-15)16(13-20-4)11-17-10-14(2)3/h6-9,14,16-17H,5,10-13H2,1-4H3. The third kappa shape index (κ3) is 6.46. The summed E-state index contributed by atoms with van der Waals surface area (Å²) in [5.74, 6) is 0.670. The molecule has 1 N–H and O–H groups in total. The maximum Gasteiger partial charge on any atom is 0.0630 e. The summed E-state index contributed by atoms with van der Waals surface area (Å²) in [6.07, 6.45) is 1.85. The van der Waals surface area contributed by atoms with E-state index in [0.717, 1.165) is 38.5 Å². The molecule has 1 aromatic heterocycles. The van der Waals surface area contributed by atoms with Crippen molar-refractivity contribution in [2.45, 2.75) is 33.4 Å². The van der Waals surface area contributed by atoms with Crippen molar-refractivity contribution >= 4 is 0 Å². The average Bonchev–Trinajstić information content (AvgIpc) is 2.45. The van der Waals surface area contributed by atoms with Gasteiger partial charge in [-0.1, -0.05) is 26.8 Å². The van der Waals surface area contributed by atoms with Gasteiger partial charge in [-0.3, -0.25) is 9.88 Å². The van der Waals surface area contributed by atoms with Gasteiger partial charge in [-0.2, -0.15) is 0 Å². The van der Waals surface area contributed by atoms with Crippen LogP contribution in [0.25, 0.3) is 0 Å². The highest BCUT2D eigenvalue weighted by atomic mass is 16.5. The molecular weight excluding hydrogens is 250 g/mol. The van der Waals surface area contributed by atoms with Gasteiger partial charge in [-0.15, -0.1) is 0 Å². The first-order valence-electron chi connectivity index (χ1n) is 7.51. The fourth-order valence-electron chi connectivity index (χ4n) is 2.22. The van der Waals surface area contributed by atoms with Crippen LogP contribution in [0.5, 0.6) is 0 Å². The minimum absolute atomic E-state index is 0.380. The molecule has 1 heterocycles. The Morgan fingerprint density at radius 2 is 2.10 bits per heavy atom. The molecule has 0 aliphatic heterocycles. The van der Waals surface area contributed by atoms with Crippen LogP contribution in [0.4, 0.5) is 0 Å². The minimum atomic E-state index is 0.380. The largest absolute Gasteiger partial charge is 0.383 e. The lowest BCUT2D eigenvalue weighted by Crippen LogP contribution is -2.45. The summed E-state index contributed by atoms with van der Waals surface area (Å²) in [7, 11) is 1.77. The van der Waals surface area contributed by atoms with Gasteiger partial charge in [0.1, 0.15) is 0 Å². The van der Waals surface area contributed by atoms with Crippen LogP contribution in [-0.2, 0) is 11.3 Å². The van der Waals surface area contributed by atoms with Crippen molar-refractivity contribution in [1.82, 2.24) is 15.2 Å². The molecule has 0 aliphatic rings. The second kappa shape index (κ2) is 9.86. The Morgan fingerprint density at radius 3 is 2.65 bits per heavy atom. The van der Waals surface area contributed by atoms with Gasteiger partial charge in [0, 0.05) is 32.4 Å². The van der Waals surface area contributed by atoms with Crippen molar-refractivity contribution in [2.75, 3.05) is 33.4 Å². The predicted octanol–water partition coefficient (Wildman–Crippen LogP) is 2.16. The SMILES string of the molecule is CCN(Cc1ccccn1)C(CNCC(C)C)COC. The van der Waals surface area contributed by atoms with E-state index in [1.54, 1.807) is 7.11 Å². The fraction of sp³-hybridized carbons (Fsp3) is 0.688. The molecule has 0 radical (unpaired) electrons. The van der Waals surface area contributed by atoms with Crippen molar-refractivity contribution in [1.29, 1.82) is 0 Å². The van der Waals surface area contributed by atoms with Crippen LogP contribution >= 0.6 is 0 Å². The molecule has 0 amide bonds. The van der Waals surface area contributed by atoms with Gasteiger partial charge in [0.25, 0.3) is 0 Å². The number of pyridine rings is 1. The van der Waals surface area contributed by atoms with Crippen molar-refractivity contribution in [3.8, 4) is 0 Å². The first-order chi connectivity index (χ1) is 9.67. The van der Waals surface area contributed by atoms with Crippen LogP contribution in [0.3, 0.4) is 0 Å². The molecule has 1 aromatic rings. The maximum atomic E-state index is 5.38. The van der Waals surface area contributed by atoms with E-state index in [1.807, 2.05) is 18.3 Å². The Hall–Kier alpha value is -0.970. The van der Waals surface area contributed by atoms with E-state index in [2.05, 4.69) is 42.0 Å². The molecule has 114 valence electrons. The van der Waals surface area contributed by atoms with E-state index in [4.69, 9.17) is 4.74 Å². The van der Waals surface area contributed by atoms with E-state index in [9.17, 15) is 0 Å². The van der Waals surface area contributed by atoms with Crippen LogP contribution in [0.2, 0.25) is 0 Å². The summed E-state index contributed by atoms with van der Waals surface area (Å²) >= 11 is 0. The van der Waals surface area contributed by atoms with Crippen molar-refractivity contribution < 1.29 is 4.74 Å². The zero-order chi connectivity index (χ0) is 14.8. The van der Waals surface area contributed by atoms with Crippen LogP contribution in [-0.4, -0.2) is 49.3 Å². The monoisotopic (exact) mass is 279 g/mol. The van der Waals surface area contributed by atoms with Gasteiger partial charge in [0.2, 0.25) is 0 Å². The molecule has 0 aromatic carbocycles. The fourth-order valence-corrected chi connectivity index (χ4v) is 2.22. The third-order valence-electron chi connectivity index (χ3n) is 3.31. The van der Waals surface area contributed by atoms with E-state index in [1.165, 1.54) is 0 Å². The van der Waals surface area contributed by atoms with Gasteiger partial charge >= 0.3 is 0 Å². The molecule has 1 unspecified atom stereocenters. The number of aromatic nitrogens is 1. The van der Waals surface area contributed by atoms with E-state index in [-0.39, 0.29) is 0 Å². The Kier molecular flexibility index (Phi) is 8.42. The van der Waals surface area contributed by atoms with Crippen molar-refractivity contribution in [2.24, 2.45) is 5.92 Å². The first-order valence-corrected chi connectivity index (χ1v) is 7.51. The molecule has 0 saturated heterocycles. The Morgan fingerprint density at radius 1 is 1.30 bits per heavy atom. The highest BCUT2D eigenvalue weighted by Crippen LogP contribution is 2.06. The van der Waals surface area contributed by atoms with Gasteiger partial charge in [-0.05, 0) is 31.1 Å². The van der Waals surface area contributed by atoms with Crippen LogP contribution in [0.15, 0.2) is 24.4 Å². The topological polar surface area (TPSA) is 37.4 Å². The van der Waals surface area contributed by atoms with Crippen LogP contribution in [0, 0.1) is 5.92 Å². The molecule has 0 bridgehead atoms. The normalized spacial score (nSPS) is 13.1. The van der Waals surface area contributed by atoms with Crippen LogP contribution in [0.1, 0.15) is 26.5 Å². The Balaban J connectivity index is 2.56. The van der Waals surface area contributed by atoms with E-state index >= 15 is 0 Å². The molecule has 1 atom stereocenters. The van der Waals surface area contributed by atoms with E-state index in [0.29, 0.717) is 12.0 Å². The number of nitrogens with one attached hydrogen (secondary N) is 1. The molecule has 4 nitrogen and oxygen atoms in total. The maximum absolute atomic E-state index is 5.38. The van der Waals surface area contributed by atoms with Crippen molar-refractivity contribution in [3.63, 3.8) is 0 Å². The average molecular weight is 279 g/mol.